The lowest BCUT2D eigenvalue weighted by Gasteiger charge is -2.42. The van der Waals surface area contributed by atoms with E-state index in [9.17, 15) is 0 Å². The number of halogens is 1. The lowest BCUT2D eigenvalue weighted by Crippen LogP contribution is -2.55. The van der Waals surface area contributed by atoms with Crippen LogP contribution >= 0.6 is 0 Å². The molecule has 38 heavy (non-hydrogen) atoms. The van der Waals surface area contributed by atoms with Gasteiger partial charge in [-0.3, -0.25) is 14.3 Å². The highest BCUT2D eigenvalue weighted by molar-refractivity contribution is 5.84. The summed E-state index contributed by atoms with van der Waals surface area (Å²) in [5.74, 6) is 0.659. The molecule has 4 aromatic rings. The van der Waals surface area contributed by atoms with Gasteiger partial charge in [-0.2, -0.15) is 0 Å². The summed E-state index contributed by atoms with van der Waals surface area (Å²) < 4.78 is 17.5. The highest BCUT2D eigenvalue weighted by Gasteiger charge is 2.29. The molecular formula is C29H37FN8. The maximum atomic E-state index is 15.4. The Kier molecular flexibility index (Phi) is 6.44. The molecule has 0 N–H and O–H groups in total. The average Bonchev–Trinajstić information content (AvgIpc) is 3.36. The van der Waals surface area contributed by atoms with Gasteiger partial charge in [0.15, 0.2) is 5.65 Å². The van der Waals surface area contributed by atoms with Crippen LogP contribution in [0.5, 0.6) is 0 Å². The molecule has 2 aromatic carbocycles. The summed E-state index contributed by atoms with van der Waals surface area (Å²) in [5, 5.41) is 9.01. The highest BCUT2D eigenvalue weighted by Crippen LogP contribution is 2.31. The van der Waals surface area contributed by atoms with E-state index in [1.165, 1.54) is 0 Å². The average molecular weight is 517 g/mol. The molecule has 2 aliphatic heterocycles. The largest absolute Gasteiger partial charge is 0.369 e. The zero-order valence-electron chi connectivity index (χ0n) is 23.0. The predicted molar refractivity (Wildman–Crippen MR) is 152 cm³/mol. The number of aromatic nitrogens is 4. The van der Waals surface area contributed by atoms with E-state index in [1.54, 1.807) is 12.3 Å². The van der Waals surface area contributed by atoms with Crippen molar-refractivity contribution in [3.05, 3.63) is 48.4 Å². The number of benzene rings is 2. The van der Waals surface area contributed by atoms with Crippen molar-refractivity contribution < 1.29 is 4.39 Å². The molecule has 8 nitrogen and oxygen atoms in total. The molecular weight excluding hydrogens is 479 g/mol. The topological polar surface area (TPSA) is 56.0 Å². The molecule has 0 unspecified atom stereocenters. The van der Waals surface area contributed by atoms with Crippen LogP contribution in [0.25, 0.3) is 27.8 Å². The van der Waals surface area contributed by atoms with Gasteiger partial charge in [-0.15, -0.1) is 10.2 Å². The molecule has 9 heteroatoms. The van der Waals surface area contributed by atoms with Gasteiger partial charge in [0, 0.05) is 44.3 Å². The van der Waals surface area contributed by atoms with Crippen LogP contribution in [0.1, 0.15) is 26.7 Å². The minimum atomic E-state index is -0.173. The Balaban J connectivity index is 1.34. The number of piperazine rings is 1. The molecule has 4 heterocycles. The molecule has 200 valence electrons. The van der Waals surface area contributed by atoms with Crippen LogP contribution < -0.4 is 9.80 Å². The van der Waals surface area contributed by atoms with E-state index in [4.69, 9.17) is 0 Å². The summed E-state index contributed by atoms with van der Waals surface area (Å²) in [7, 11) is 6.42. The molecule has 2 aliphatic rings. The summed E-state index contributed by atoms with van der Waals surface area (Å²) in [6, 6.07) is 13.1. The second kappa shape index (κ2) is 9.78. The summed E-state index contributed by atoms with van der Waals surface area (Å²) >= 11 is 0. The Morgan fingerprint density at radius 2 is 1.58 bits per heavy atom. The van der Waals surface area contributed by atoms with Crippen molar-refractivity contribution in [1.29, 1.82) is 0 Å². The lowest BCUT2D eigenvalue weighted by molar-refractivity contribution is 0.169. The van der Waals surface area contributed by atoms with Crippen molar-refractivity contribution in [2.24, 2.45) is 0 Å². The fourth-order valence-electron chi connectivity index (χ4n) is 6.06. The fraction of sp³-hybridized carbons (Fsp3) is 0.483. The van der Waals surface area contributed by atoms with Crippen molar-refractivity contribution in [1.82, 2.24) is 29.4 Å². The Morgan fingerprint density at radius 1 is 0.895 bits per heavy atom. The predicted octanol–water partition coefficient (Wildman–Crippen LogP) is 4.14. The summed E-state index contributed by atoms with van der Waals surface area (Å²) in [6.07, 6.45) is 3.87. The van der Waals surface area contributed by atoms with Crippen molar-refractivity contribution in [3.8, 4) is 11.1 Å². The van der Waals surface area contributed by atoms with E-state index in [0.717, 1.165) is 67.1 Å². The van der Waals surface area contributed by atoms with Crippen LogP contribution in [0.4, 0.5) is 16.0 Å². The van der Waals surface area contributed by atoms with Crippen molar-refractivity contribution in [3.63, 3.8) is 0 Å². The third-order valence-corrected chi connectivity index (χ3v) is 8.67. The van der Waals surface area contributed by atoms with Gasteiger partial charge in [0.25, 0.3) is 0 Å². The summed E-state index contributed by atoms with van der Waals surface area (Å²) in [5.41, 5.74) is 4.99. The van der Waals surface area contributed by atoms with Gasteiger partial charge in [0.1, 0.15) is 5.82 Å². The molecule has 0 aliphatic carbocycles. The lowest BCUT2D eigenvalue weighted by atomic mass is 10.0. The molecule has 2 atom stereocenters. The molecule has 6 rings (SSSR count). The van der Waals surface area contributed by atoms with Gasteiger partial charge in [0.2, 0.25) is 5.95 Å². The van der Waals surface area contributed by atoms with Crippen LogP contribution in [0, 0.1) is 5.82 Å². The van der Waals surface area contributed by atoms with Crippen LogP contribution in [0.2, 0.25) is 0 Å². The smallest absolute Gasteiger partial charge is 0.232 e. The number of likely N-dealkylation sites (N-methyl/N-ethyl adjacent to an activating group) is 1. The highest BCUT2D eigenvalue weighted by atomic mass is 19.1. The quantitative estimate of drug-likeness (QED) is 0.404. The first-order valence-electron chi connectivity index (χ1n) is 13.6. The van der Waals surface area contributed by atoms with Gasteiger partial charge in [-0.25, -0.2) is 4.39 Å². The first-order valence-corrected chi connectivity index (χ1v) is 13.6. The second-order valence-electron chi connectivity index (χ2n) is 11.3. The molecule has 2 aromatic heterocycles. The standard InChI is InChI=1S/C29H37FN8/c1-19-17-37(18-20(2)35(19)5)29-33-32-28-16-31-25-8-6-22(15-27(25)38(28)29)21-7-9-26(24(30)14-21)36-12-10-23(11-13-36)34(3)4/h6-9,14-16,19-20,23H,10-13,17-18H2,1-5H3/t19-,20+. The van der Waals surface area contributed by atoms with Gasteiger partial charge >= 0.3 is 0 Å². The summed E-state index contributed by atoms with van der Waals surface area (Å²) in [4.78, 5) is 13.8. The van der Waals surface area contributed by atoms with Crippen molar-refractivity contribution >= 4 is 28.3 Å². The van der Waals surface area contributed by atoms with Gasteiger partial charge < -0.3 is 14.7 Å². The van der Waals surface area contributed by atoms with E-state index < -0.39 is 0 Å². The van der Waals surface area contributed by atoms with E-state index >= 15 is 4.39 Å². The number of rotatable bonds is 4. The maximum Gasteiger partial charge on any atom is 0.232 e. The summed E-state index contributed by atoms with van der Waals surface area (Å²) in [6.45, 7) is 7.99. The third-order valence-electron chi connectivity index (χ3n) is 8.67. The first kappa shape index (κ1) is 25.0. The van der Waals surface area contributed by atoms with E-state index in [1.807, 2.05) is 24.3 Å². The molecule has 0 amide bonds. The minimum absolute atomic E-state index is 0.173. The maximum absolute atomic E-state index is 15.4. The Morgan fingerprint density at radius 3 is 2.26 bits per heavy atom. The first-order chi connectivity index (χ1) is 18.3. The number of hydrogen-bond acceptors (Lipinski definition) is 7. The van der Waals surface area contributed by atoms with Crippen LogP contribution in [-0.4, -0.2) is 94.8 Å². The SMILES string of the molecule is C[C@@H]1CN(c2nnc3cnc4ccc(-c5ccc(N6CCC(N(C)C)CC6)c(F)c5)cc4n23)C[C@H](C)N1C. The van der Waals surface area contributed by atoms with E-state index in [0.29, 0.717) is 29.5 Å². The molecule has 0 bridgehead atoms. The van der Waals surface area contributed by atoms with Crippen LogP contribution in [0.3, 0.4) is 0 Å². The fourth-order valence-corrected chi connectivity index (χ4v) is 6.06. The Bertz CT molecular complexity index is 1450. The van der Waals surface area contributed by atoms with E-state index in [-0.39, 0.29) is 5.82 Å². The molecule has 0 saturated carbocycles. The zero-order valence-corrected chi connectivity index (χ0v) is 23.0. The second-order valence-corrected chi connectivity index (χ2v) is 11.3. The third kappa shape index (κ3) is 4.37. The van der Waals surface area contributed by atoms with Crippen molar-refractivity contribution in [2.45, 2.75) is 44.8 Å². The van der Waals surface area contributed by atoms with Crippen LogP contribution in [0.15, 0.2) is 42.6 Å². The number of fused-ring (bicyclic) bond motifs is 3. The Hall–Kier alpha value is -3.30. The molecule has 2 fully saturated rings. The van der Waals surface area contributed by atoms with Crippen molar-refractivity contribution in [2.75, 3.05) is 57.1 Å². The van der Waals surface area contributed by atoms with Crippen LogP contribution in [-0.2, 0) is 0 Å². The van der Waals surface area contributed by atoms with Gasteiger partial charge in [0.05, 0.1) is 22.9 Å². The number of hydrogen-bond donors (Lipinski definition) is 0. The van der Waals surface area contributed by atoms with Gasteiger partial charge in [-0.1, -0.05) is 12.1 Å². The Labute approximate surface area is 223 Å². The molecule has 0 radical (unpaired) electrons. The zero-order chi connectivity index (χ0) is 26.6. The number of anilines is 2. The number of nitrogens with zero attached hydrogens (tertiary/aromatic N) is 8. The molecule has 0 spiro atoms. The molecule has 2 saturated heterocycles. The van der Waals surface area contributed by atoms with Gasteiger partial charge in [-0.05, 0) is 83.2 Å². The normalized spacial score (nSPS) is 21.8. The van der Waals surface area contributed by atoms with E-state index in [2.05, 4.69) is 80.2 Å². The monoisotopic (exact) mass is 516 g/mol. The number of piperidine rings is 1. The minimum Gasteiger partial charge on any atom is -0.369 e.